The summed E-state index contributed by atoms with van der Waals surface area (Å²) < 4.78 is 2.27. The predicted octanol–water partition coefficient (Wildman–Crippen LogP) is 8.21. The van der Waals surface area contributed by atoms with E-state index >= 15 is 0 Å². The van der Waals surface area contributed by atoms with Crippen molar-refractivity contribution < 1.29 is 0 Å². The van der Waals surface area contributed by atoms with Gasteiger partial charge in [-0.3, -0.25) is 4.98 Å². The summed E-state index contributed by atoms with van der Waals surface area (Å²) in [4.78, 5) is 16.2. The van der Waals surface area contributed by atoms with Gasteiger partial charge in [-0.25, -0.2) is 9.97 Å². The van der Waals surface area contributed by atoms with E-state index in [1.165, 1.54) is 11.1 Å². The Kier molecular flexibility index (Phi) is 5.15. The van der Waals surface area contributed by atoms with E-state index in [0.29, 0.717) is 0 Å². The molecule has 0 saturated carbocycles. The average Bonchev–Trinajstić information content (AvgIpc) is 3.27. The van der Waals surface area contributed by atoms with Crippen molar-refractivity contribution >= 4 is 50.0 Å². The largest absolute Gasteiger partial charge is 0.310 e. The lowest BCUT2D eigenvalue weighted by molar-refractivity contribution is 1.15. The van der Waals surface area contributed by atoms with Crippen molar-refractivity contribution in [2.24, 2.45) is 0 Å². The highest BCUT2D eigenvalue weighted by molar-refractivity contribution is 6.11. The second-order valence-electron chi connectivity index (χ2n) is 9.56. The highest BCUT2D eigenvalue weighted by atomic mass is 15.1. The Morgan fingerprint density at radius 1 is 0.658 bits per heavy atom. The van der Waals surface area contributed by atoms with Crippen LogP contribution in [0, 0.1) is 13.8 Å². The fourth-order valence-electron chi connectivity index (χ4n) is 5.35. The summed E-state index contributed by atoms with van der Waals surface area (Å²) in [5.74, 6) is 0. The monoisotopic (exact) mass is 491 g/mol. The van der Waals surface area contributed by atoms with Crippen LogP contribution < -0.4 is 4.90 Å². The Hall–Kier alpha value is -5.03. The number of rotatable bonds is 4. The topological polar surface area (TPSA) is 46.8 Å². The number of aromatic nitrogens is 4. The van der Waals surface area contributed by atoms with Crippen molar-refractivity contribution in [1.29, 1.82) is 0 Å². The molecule has 0 fully saturated rings. The Bertz CT molecular complexity index is 1910. The van der Waals surface area contributed by atoms with Crippen LogP contribution >= 0.6 is 0 Å². The van der Waals surface area contributed by atoms with Crippen molar-refractivity contribution in [3.05, 3.63) is 127 Å². The Morgan fingerprint density at radius 3 is 2.08 bits per heavy atom. The number of nitrogens with zero attached hydrogens (tertiary/aromatic N) is 5. The van der Waals surface area contributed by atoms with Gasteiger partial charge in [-0.05, 0) is 85.6 Å². The lowest BCUT2D eigenvalue weighted by Gasteiger charge is -2.28. The van der Waals surface area contributed by atoms with Crippen molar-refractivity contribution in [1.82, 2.24) is 19.5 Å². The molecule has 5 nitrogen and oxygen atoms in total. The van der Waals surface area contributed by atoms with Gasteiger partial charge >= 0.3 is 0 Å². The van der Waals surface area contributed by atoms with E-state index in [9.17, 15) is 0 Å². The van der Waals surface area contributed by atoms with Crippen LogP contribution in [0.1, 0.15) is 11.1 Å². The van der Waals surface area contributed by atoms with Gasteiger partial charge in [0.1, 0.15) is 0 Å². The molecular formula is C33H25N5. The number of benzene rings is 3. The maximum Gasteiger partial charge on any atom is 0.159 e. The lowest BCUT2D eigenvalue weighted by atomic mass is 10.1. The predicted molar refractivity (Wildman–Crippen MR) is 156 cm³/mol. The molecule has 0 atom stereocenters. The third-order valence-electron chi connectivity index (χ3n) is 7.18. The van der Waals surface area contributed by atoms with Gasteiger partial charge in [-0.15, -0.1) is 0 Å². The van der Waals surface area contributed by atoms with Crippen molar-refractivity contribution in [2.75, 3.05) is 4.90 Å². The number of anilines is 3. The van der Waals surface area contributed by atoms with Crippen LogP contribution in [0.4, 0.5) is 17.1 Å². The van der Waals surface area contributed by atoms with Gasteiger partial charge in [0.2, 0.25) is 0 Å². The molecule has 182 valence electrons. The number of fused-ring (bicyclic) bond motifs is 4. The number of para-hydroxylation sites is 2. The van der Waals surface area contributed by atoms with E-state index < -0.39 is 0 Å². The maximum atomic E-state index is 5.07. The molecule has 0 bridgehead atoms. The highest BCUT2D eigenvalue weighted by Gasteiger charge is 2.20. The average molecular weight is 492 g/mol. The number of hydrogen-bond donors (Lipinski definition) is 0. The molecule has 38 heavy (non-hydrogen) atoms. The van der Waals surface area contributed by atoms with Crippen LogP contribution in [0.5, 0.6) is 0 Å². The minimum absolute atomic E-state index is 0.744. The first-order chi connectivity index (χ1) is 18.7. The number of pyridine rings is 3. The van der Waals surface area contributed by atoms with E-state index in [0.717, 1.165) is 55.7 Å². The van der Waals surface area contributed by atoms with Crippen LogP contribution in [-0.2, 0) is 0 Å². The third kappa shape index (κ3) is 3.51. The first-order valence-corrected chi connectivity index (χ1v) is 12.7. The number of hydrogen-bond acceptors (Lipinski definition) is 4. The quantitative estimate of drug-likeness (QED) is 0.249. The third-order valence-corrected chi connectivity index (χ3v) is 7.18. The first kappa shape index (κ1) is 22.2. The van der Waals surface area contributed by atoms with Gasteiger partial charge in [0, 0.05) is 52.1 Å². The van der Waals surface area contributed by atoms with E-state index in [1.54, 1.807) is 6.20 Å². The van der Waals surface area contributed by atoms with Crippen molar-refractivity contribution in [3.63, 3.8) is 0 Å². The van der Waals surface area contributed by atoms with Gasteiger partial charge in [-0.2, -0.15) is 0 Å². The fourth-order valence-corrected chi connectivity index (χ4v) is 5.35. The van der Waals surface area contributed by atoms with Crippen LogP contribution in [0.15, 0.2) is 116 Å². The molecule has 4 aromatic heterocycles. The van der Waals surface area contributed by atoms with E-state index in [2.05, 4.69) is 112 Å². The smallest absolute Gasteiger partial charge is 0.159 e. The first-order valence-electron chi connectivity index (χ1n) is 12.7. The molecule has 3 aromatic carbocycles. The molecule has 0 spiro atoms. The van der Waals surface area contributed by atoms with E-state index in [-0.39, 0.29) is 0 Å². The lowest BCUT2D eigenvalue weighted by Crippen LogP contribution is -2.12. The van der Waals surface area contributed by atoms with Crippen molar-refractivity contribution in [2.45, 2.75) is 13.8 Å². The minimum Gasteiger partial charge on any atom is -0.310 e. The van der Waals surface area contributed by atoms with Crippen molar-refractivity contribution in [3.8, 4) is 5.69 Å². The van der Waals surface area contributed by atoms with Gasteiger partial charge in [-0.1, -0.05) is 36.4 Å². The van der Waals surface area contributed by atoms with E-state index in [4.69, 9.17) is 4.98 Å². The Balaban J connectivity index is 1.56. The minimum atomic E-state index is 0.744. The molecule has 0 unspecified atom stereocenters. The summed E-state index contributed by atoms with van der Waals surface area (Å²) >= 11 is 0. The normalized spacial score (nSPS) is 11.4. The highest BCUT2D eigenvalue weighted by Crippen LogP contribution is 2.41. The standard InChI is InChI=1S/C33H25N5/c1-22-8-3-5-11-28(22)38(29-12-6-4-9-23(29)2)26-13-14-30-27(21-26)32-31(37(30)25-15-18-34-19-16-25)20-24-10-7-17-35-33(24)36-32/h3-21H,1-2H3. The summed E-state index contributed by atoms with van der Waals surface area (Å²) in [6, 6.07) is 34.0. The second kappa shape index (κ2) is 8.82. The van der Waals surface area contributed by atoms with Crippen LogP contribution in [0.2, 0.25) is 0 Å². The summed E-state index contributed by atoms with van der Waals surface area (Å²) in [7, 11) is 0. The molecular weight excluding hydrogens is 466 g/mol. The summed E-state index contributed by atoms with van der Waals surface area (Å²) in [6.45, 7) is 4.32. The second-order valence-corrected chi connectivity index (χ2v) is 9.56. The SMILES string of the molecule is Cc1ccccc1N(c1ccc2c(c1)c1nc3ncccc3cc1n2-c1ccncc1)c1ccccc1C. The van der Waals surface area contributed by atoms with Gasteiger partial charge in [0.05, 0.1) is 16.6 Å². The molecule has 0 aliphatic carbocycles. The zero-order valence-electron chi connectivity index (χ0n) is 21.2. The molecule has 0 N–H and O–H groups in total. The molecule has 7 aromatic rings. The fraction of sp³-hybridized carbons (Fsp3) is 0.0606. The molecule has 4 heterocycles. The molecule has 0 saturated heterocycles. The van der Waals surface area contributed by atoms with Crippen LogP contribution in [0.3, 0.4) is 0 Å². The summed E-state index contributed by atoms with van der Waals surface area (Å²) in [6.07, 6.45) is 5.46. The zero-order chi connectivity index (χ0) is 25.6. The van der Waals surface area contributed by atoms with Crippen LogP contribution in [-0.4, -0.2) is 19.5 Å². The molecule has 0 radical (unpaired) electrons. The molecule has 7 rings (SSSR count). The van der Waals surface area contributed by atoms with Gasteiger partial charge < -0.3 is 9.47 Å². The molecule has 0 aliphatic heterocycles. The Morgan fingerprint density at radius 2 is 1.37 bits per heavy atom. The summed E-state index contributed by atoms with van der Waals surface area (Å²) in [5, 5.41) is 2.09. The number of aryl methyl sites for hydroxylation is 2. The van der Waals surface area contributed by atoms with Crippen LogP contribution in [0.25, 0.3) is 38.7 Å². The van der Waals surface area contributed by atoms with E-state index in [1.807, 2.05) is 30.6 Å². The molecule has 5 heteroatoms. The molecule has 0 aliphatic rings. The summed E-state index contributed by atoms with van der Waals surface area (Å²) in [5.41, 5.74) is 10.7. The van der Waals surface area contributed by atoms with Gasteiger partial charge in [0.15, 0.2) is 5.65 Å². The van der Waals surface area contributed by atoms with Gasteiger partial charge in [0.25, 0.3) is 0 Å². The zero-order valence-corrected chi connectivity index (χ0v) is 21.2. The maximum absolute atomic E-state index is 5.07. The molecule has 0 amide bonds. The Labute approximate surface area is 220 Å².